The molecule has 0 radical (unpaired) electrons. The van der Waals surface area contributed by atoms with Crippen molar-refractivity contribution < 1.29 is 33.3 Å². The molecule has 0 bridgehead atoms. The van der Waals surface area contributed by atoms with Gasteiger partial charge in [-0.15, -0.1) is 0 Å². The minimum atomic E-state index is -2.53. The molecule has 0 fully saturated rings. The molecule has 3 aromatic carbocycles. The largest absolute Gasteiger partial charge is 0.444 e. The van der Waals surface area contributed by atoms with Crippen LogP contribution < -0.4 is 11.2 Å². The zero-order valence-corrected chi connectivity index (χ0v) is 22.2. The Morgan fingerprint density at radius 2 is 1.30 bits per heavy atom. The van der Waals surface area contributed by atoms with Crippen molar-refractivity contribution in [2.24, 2.45) is 0 Å². The Morgan fingerprint density at radius 1 is 0.791 bits per heavy atom. The van der Waals surface area contributed by atoms with Gasteiger partial charge in [-0.1, -0.05) is 54.6 Å². The van der Waals surface area contributed by atoms with Crippen molar-refractivity contribution in [2.45, 2.75) is 11.8 Å². The molecule has 214 valence electrons. The quantitative estimate of drug-likeness (QED) is 0.254. The van der Waals surface area contributed by atoms with E-state index in [2.05, 4.69) is 0 Å². The van der Waals surface area contributed by atoms with Gasteiger partial charge in [-0.25, -0.2) is 19.2 Å². The van der Waals surface area contributed by atoms with Crippen molar-refractivity contribution >= 4 is 17.9 Å². The topological polar surface area (TPSA) is 167 Å². The van der Waals surface area contributed by atoms with E-state index in [1.165, 1.54) is 36.4 Å². The number of H-pyrrole nitrogens is 1. The van der Waals surface area contributed by atoms with E-state index in [-0.39, 0.29) is 16.7 Å². The number of ether oxygens (including phenoxy) is 4. The molecule has 0 saturated heterocycles. The van der Waals surface area contributed by atoms with Gasteiger partial charge in [0.2, 0.25) is 6.10 Å². The van der Waals surface area contributed by atoms with E-state index < -0.39 is 59.1 Å². The maximum absolute atomic E-state index is 13.3. The van der Waals surface area contributed by atoms with E-state index in [0.717, 1.165) is 12.3 Å². The number of nitrogens with zero attached hydrogens (tertiary/aromatic N) is 2. The highest BCUT2D eigenvalue weighted by atomic mass is 16.6. The van der Waals surface area contributed by atoms with Crippen LogP contribution in [-0.2, 0) is 24.7 Å². The summed E-state index contributed by atoms with van der Waals surface area (Å²) in [5, 5.41) is 10.5. The number of esters is 3. The summed E-state index contributed by atoms with van der Waals surface area (Å²) in [4.78, 5) is 66.4. The zero-order valence-electron chi connectivity index (χ0n) is 22.2. The van der Waals surface area contributed by atoms with Crippen LogP contribution in [0.5, 0.6) is 0 Å². The second-order valence-corrected chi connectivity index (χ2v) is 9.03. The molecule has 1 aliphatic heterocycles. The number of nitriles is 1. The highest BCUT2D eigenvalue weighted by Crippen LogP contribution is 2.37. The number of hydrogen-bond donors (Lipinski definition) is 1. The van der Waals surface area contributed by atoms with Crippen molar-refractivity contribution in [2.75, 3.05) is 6.61 Å². The van der Waals surface area contributed by atoms with E-state index in [9.17, 15) is 29.2 Å². The summed E-state index contributed by atoms with van der Waals surface area (Å²) in [5.41, 5.74) is -4.13. The van der Waals surface area contributed by atoms with Crippen LogP contribution in [-0.4, -0.2) is 40.2 Å². The molecule has 1 N–H and O–H groups in total. The molecular weight excluding hydrogens is 558 g/mol. The number of benzene rings is 3. The van der Waals surface area contributed by atoms with Crippen LogP contribution in [0.4, 0.5) is 0 Å². The highest BCUT2D eigenvalue weighted by molar-refractivity contribution is 5.92. The van der Waals surface area contributed by atoms with Crippen molar-refractivity contribution in [1.82, 2.24) is 9.55 Å². The van der Waals surface area contributed by atoms with Gasteiger partial charge in [-0.3, -0.25) is 14.3 Å². The number of carbonyl (C=O) groups excluding carboxylic acids is 3. The van der Waals surface area contributed by atoms with Gasteiger partial charge in [0.05, 0.1) is 16.7 Å². The number of aromatic nitrogens is 2. The average Bonchev–Trinajstić information content (AvgIpc) is 3.04. The summed E-state index contributed by atoms with van der Waals surface area (Å²) in [6.45, 7) is -0.686. The van der Waals surface area contributed by atoms with Gasteiger partial charge in [0.1, 0.15) is 12.7 Å². The standard InChI is InChI=1S/C31H21N3O9/c32-19-31(34-17-16-24(35)33-30(34)39)26(43-29(38)22-14-8-3-9-15-22)25(42-28(37)21-12-6-2-7-13-21)23(18-40-31)41-27(36)20-10-4-1-5-11-20/h1-17,26H,18H2,(H,33,35,39). The van der Waals surface area contributed by atoms with Crippen molar-refractivity contribution in [3.63, 3.8) is 0 Å². The summed E-state index contributed by atoms with van der Waals surface area (Å²) in [6, 6.07) is 26.0. The lowest BCUT2D eigenvalue weighted by molar-refractivity contribution is -0.158. The Bertz CT molecular complexity index is 1860. The van der Waals surface area contributed by atoms with Crippen LogP contribution in [0.25, 0.3) is 0 Å². The third kappa shape index (κ3) is 5.88. The minimum absolute atomic E-state index is 0.0466. The molecular formula is C31H21N3O9. The maximum atomic E-state index is 13.3. The van der Waals surface area contributed by atoms with Gasteiger partial charge in [0.15, 0.2) is 11.5 Å². The fraction of sp³-hybridized carbons (Fsp3) is 0.0968. The molecule has 2 atom stereocenters. The molecule has 0 saturated carbocycles. The highest BCUT2D eigenvalue weighted by Gasteiger charge is 2.55. The van der Waals surface area contributed by atoms with E-state index in [1.807, 2.05) is 11.1 Å². The number of hydrogen-bond acceptors (Lipinski definition) is 10. The molecule has 4 aromatic rings. The van der Waals surface area contributed by atoms with Crippen molar-refractivity contribution in [3.05, 3.63) is 152 Å². The van der Waals surface area contributed by atoms with E-state index >= 15 is 0 Å². The van der Waals surface area contributed by atoms with E-state index in [4.69, 9.17) is 18.9 Å². The SMILES string of the molecule is N#CC1(n2ccc(=O)[nH]c2=O)OCC(OC(=O)c2ccccc2)=C(OC(=O)c2ccccc2)C1OC(=O)c1ccccc1. The third-order valence-electron chi connectivity index (χ3n) is 6.31. The minimum Gasteiger partial charge on any atom is -0.444 e. The second kappa shape index (κ2) is 12.2. The number of rotatable bonds is 7. The van der Waals surface area contributed by atoms with Crippen molar-refractivity contribution in [1.29, 1.82) is 5.26 Å². The predicted octanol–water partition coefficient (Wildman–Crippen LogP) is 2.89. The number of carbonyl (C=O) groups is 3. The van der Waals surface area contributed by atoms with E-state index in [1.54, 1.807) is 54.6 Å². The van der Waals surface area contributed by atoms with Crippen LogP contribution in [0, 0.1) is 11.3 Å². The van der Waals surface area contributed by atoms with Gasteiger partial charge in [-0.2, -0.15) is 5.26 Å². The van der Waals surface area contributed by atoms with Crippen LogP contribution in [0.15, 0.2) is 124 Å². The first kappa shape index (κ1) is 28.5. The maximum Gasteiger partial charge on any atom is 0.343 e. The Hall–Kier alpha value is -6.06. The Balaban J connectivity index is 1.68. The van der Waals surface area contributed by atoms with Crippen LogP contribution in [0.3, 0.4) is 0 Å². The molecule has 12 heteroatoms. The van der Waals surface area contributed by atoms with Crippen LogP contribution >= 0.6 is 0 Å². The summed E-state index contributed by atoms with van der Waals surface area (Å²) in [7, 11) is 0. The number of aromatic amines is 1. The lowest BCUT2D eigenvalue weighted by Crippen LogP contribution is -2.57. The third-order valence-corrected chi connectivity index (χ3v) is 6.31. The monoisotopic (exact) mass is 579 g/mol. The molecule has 43 heavy (non-hydrogen) atoms. The molecule has 12 nitrogen and oxygen atoms in total. The lowest BCUT2D eigenvalue weighted by atomic mass is 10.0. The molecule has 0 aliphatic carbocycles. The smallest absolute Gasteiger partial charge is 0.343 e. The normalized spacial score (nSPS) is 17.8. The van der Waals surface area contributed by atoms with Crippen LogP contribution in [0.1, 0.15) is 31.1 Å². The molecule has 0 spiro atoms. The predicted molar refractivity (Wildman–Crippen MR) is 147 cm³/mol. The molecule has 0 amide bonds. The molecule has 2 unspecified atom stereocenters. The first-order chi connectivity index (χ1) is 20.8. The molecule has 5 rings (SSSR count). The fourth-order valence-corrected chi connectivity index (χ4v) is 4.22. The first-order valence-electron chi connectivity index (χ1n) is 12.7. The average molecular weight is 580 g/mol. The van der Waals surface area contributed by atoms with Gasteiger partial charge in [-0.05, 0) is 36.4 Å². The fourth-order valence-electron chi connectivity index (χ4n) is 4.22. The summed E-state index contributed by atoms with van der Waals surface area (Å²) >= 11 is 0. The summed E-state index contributed by atoms with van der Waals surface area (Å²) in [5.74, 6) is -3.78. The number of nitrogens with one attached hydrogen (secondary N) is 1. The Kier molecular flexibility index (Phi) is 8.08. The summed E-state index contributed by atoms with van der Waals surface area (Å²) in [6.07, 6.45) is -1.04. The Morgan fingerprint density at radius 3 is 1.81 bits per heavy atom. The molecule has 2 heterocycles. The van der Waals surface area contributed by atoms with Crippen LogP contribution in [0.2, 0.25) is 0 Å². The zero-order chi connectivity index (χ0) is 30.4. The Labute approximate surface area is 242 Å². The summed E-state index contributed by atoms with van der Waals surface area (Å²) < 4.78 is 23.5. The van der Waals surface area contributed by atoms with Gasteiger partial charge < -0.3 is 18.9 Å². The van der Waals surface area contributed by atoms with Crippen molar-refractivity contribution in [3.8, 4) is 6.07 Å². The van der Waals surface area contributed by atoms with Gasteiger partial charge in [0, 0.05) is 12.3 Å². The molecule has 1 aliphatic rings. The molecule has 1 aromatic heterocycles. The van der Waals surface area contributed by atoms with Gasteiger partial charge in [0.25, 0.3) is 11.3 Å². The second-order valence-electron chi connectivity index (χ2n) is 9.03. The first-order valence-corrected chi connectivity index (χ1v) is 12.7. The van der Waals surface area contributed by atoms with E-state index in [0.29, 0.717) is 4.57 Å². The van der Waals surface area contributed by atoms with Gasteiger partial charge >= 0.3 is 23.6 Å². The lowest BCUT2D eigenvalue weighted by Gasteiger charge is -2.39.